The number of rotatable bonds is 1. The molecule has 1 rings (SSSR count). The van der Waals surface area contributed by atoms with Crippen molar-refractivity contribution >= 4 is 23.1 Å². The number of nitrogens with zero attached hydrogens (tertiary/aromatic N) is 1. The smallest absolute Gasteiger partial charge is 0.105 e. The fourth-order valence-corrected chi connectivity index (χ4v) is 1.04. The zero-order chi connectivity index (χ0) is 10.8. The van der Waals surface area contributed by atoms with Crippen LogP contribution in [0.4, 0.5) is 5.69 Å². The van der Waals surface area contributed by atoms with E-state index in [0.717, 1.165) is 5.69 Å². The Balaban J connectivity index is 2.98. The van der Waals surface area contributed by atoms with Gasteiger partial charge in [-0.1, -0.05) is 38.4 Å². The normalized spacial score (nSPS) is 13.0. The first-order valence-corrected chi connectivity index (χ1v) is 4.87. The molecule has 0 saturated carbocycles. The molecule has 0 atom stereocenters. The van der Waals surface area contributed by atoms with Crippen LogP contribution in [0.15, 0.2) is 29.3 Å². The molecule has 0 bridgehead atoms. The molecule has 0 heterocycles. The molecule has 0 radical (unpaired) electrons. The molecule has 0 aliphatic heterocycles. The minimum atomic E-state index is -0.109. The van der Waals surface area contributed by atoms with Crippen molar-refractivity contribution in [2.45, 2.75) is 20.8 Å². The highest BCUT2D eigenvalue weighted by molar-refractivity contribution is 6.30. The fourth-order valence-electron chi connectivity index (χ4n) is 0.852. The molecule has 14 heavy (non-hydrogen) atoms. The number of aliphatic imine (C=N–C) groups is 1. The Kier molecular flexibility index (Phi) is 3.17. The summed E-state index contributed by atoms with van der Waals surface area (Å²) in [5, 5.41) is 0.674. The average molecular weight is 211 g/mol. The van der Waals surface area contributed by atoms with E-state index in [1.165, 1.54) is 0 Å². The Morgan fingerprint density at radius 3 is 2.50 bits per heavy atom. The first-order valence-electron chi connectivity index (χ1n) is 4.50. The highest BCUT2D eigenvalue weighted by atomic mass is 35.5. The van der Waals surface area contributed by atoms with Gasteiger partial charge < -0.3 is 5.73 Å². The third-order valence-electron chi connectivity index (χ3n) is 1.83. The number of hydrogen-bond acceptors (Lipinski definition) is 1. The Morgan fingerprint density at radius 1 is 1.36 bits per heavy atom. The van der Waals surface area contributed by atoms with Gasteiger partial charge >= 0.3 is 0 Å². The Bertz CT molecular complexity index is 351. The van der Waals surface area contributed by atoms with Gasteiger partial charge in [0.2, 0.25) is 0 Å². The molecule has 76 valence electrons. The van der Waals surface area contributed by atoms with Crippen LogP contribution in [-0.4, -0.2) is 5.84 Å². The summed E-state index contributed by atoms with van der Waals surface area (Å²) in [7, 11) is 0. The van der Waals surface area contributed by atoms with Crippen molar-refractivity contribution in [1.82, 2.24) is 0 Å². The van der Waals surface area contributed by atoms with Gasteiger partial charge in [-0.2, -0.15) is 0 Å². The van der Waals surface area contributed by atoms with E-state index in [1.54, 1.807) is 6.07 Å². The van der Waals surface area contributed by atoms with Gasteiger partial charge in [0.1, 0.15) is 5.84 Å². The molecular formula is C11H15ClN2. The minimum Gasteiger partial charge on any atom is -0.387 e. The molecule has 2 N–H and O–H groups in total. The Labute approximate surface area is 89.8 Å². The second kappa shape index (κ2) is 4.01. The summed E-state index contributed by atoms with van der Waals surface area (Å²) in [6, 6.07) is 7.34. The number of amidine groups is 1. The minimum absolute atomic E-state index is 0.109. The summed E-state index contributed by atoms with van der Waals surface area (Å²) in [5.41, 5.74) is 6.53. The maximum atomic E-state index is 5.84. The zero-order valence-electron chi connectivity index (χ0n) is 8.71. The van der Waals surface area contributed by atoms with Crippen LogP contribution in [0, 0.1) is 5.41 Å². The molecule has 3 heteroatoms. The molecular weight excluding hydrogens is 196 g/mol. The lowest BCUT2D eigenvalue weighted by atomic mass is 9.95. The third kappa shape index (κ3) is 3.04. The van der Waals surface area contributed by atoms with Crippen molar-refractivity contribution in [2.24, 2.45) is 16.1 Å². The largest absolute Gasteiger partial charge is 0.387 e. The van der Waals surface area contributed by atoms with Crippen LogP contribution in [0.25, 0.3) is 0 Å². The first kappa shape index (κ1) is 11.1. The highest BCUT2D eigenvalue weighted by Gasteiger charge is 2.15. The summed E-state index contributed by atoms with van der Waals surface area (Å²) in [5.74, 6) is 0.611. The molecule has 2 nitrogen and oxygen atoms in total. The summed E-state index contributed by atoms with van der Waals surface area (Å²) in [4.78, 5) is 4.30. The van der Waals surface area contributed by atoms with Crippen LogP contribution in [0.3, 0.4) is 0 Å². The standard InChI is InChI=1S/C11H15ClN2/c1-11(2,3)10(13)14-9-6-4-5-8(12)7-9/h4-7H,1-3H3,(H2,13,14). The molecule has 0 fully saturated rings. The molecule has 0 aliphatic rings. The van der Waals surface area contributed by atoms with Crippen LogP contribution >= 0.6 is 11.6 Å². The molecule has 0 amide bonds. The molecule has 0 aliphatic carbocycles. The van der Waals surface area contributed by atoms with E-state index in [-0.39, 0.29) is 5.41 Å². The highest BCUT2D eigenvalue weighted by Crippen LogP contribution is 2.21. The van der Waals surface area contributed by atoms with E-state index in [9.17, 15) is 0 Å². The third-order valence-corrected chi connectivity index (χ3v) is 2.06. The van der Waals surface area contributed by atoms with Crippen molar-refractivity contribution in [1.29, 1.82) is 0 Å². The second-order valence-electron chi connectivity index (χ2n) is 4.23. The summed E-state index contributed by atoms with van der Waals surface area (Å²) < 4.78 is 0. The van der Waals surface area contributed by atoms with E-state index in [1.807, 2.05) is 39.0 Å². The van der Waals surface area contributed by atoms with Gasteiger partial charge in [-0.3, -0.25) is 0 Å². The van der Waals surface area contributed by atoms with Gasteiger partial charge in [0, 0.05) is 10.4 Å². The number of benzene rings is 1. The van der Waals surface area contributed by atoms with Crippen molar-refractivity contribution in [3.05, 3.63) is 29.3 Å². The van der Waals surface area contributed by atoms with Gasteiger partial charge in [0.05, 0.1) is 5.69 Å². The van der Waals surface area contributed by atoms with E-state index >= 15 is 0 Å². The molecule has 0 unspecified atom stereocenters. The predicted octanol–water partition coefficient (Wildman–Crippen LogP) is 3.37. The first-order chi connectivity index (χ1) is 6.39. The SMILES string of the molecule is CC(C)(C)C(N)=Nc1cccc(Cl)c1. The quantitative estimate of drug-likeness (QED) is 0.560. The van der Waals surface area contributed by atoms with Crippen LogP contribution in [-0.2, 0) is 0 Å². The van der Waals surface area contributed by atoms with Crippen molar-refractivity contribution in [3.8, 4) is 0 Å². The van der Waals surface area contributed by atoms with Crippen LogP contribution in [0.5, 0.6) is 0 Å². The predicted molar refractivity (Wildman–Crippen MR) is 62.2 cm³/mol. The number of hydrogen-bond donors (Lipinski definition) is 1. The summed E-state index contributed by atoms with van der Waals surface area (Å²) >= 11 is 5.83. The molecule has 1 aromatic carbocycles. The molecule has 1 aromatic rings. The van der Waals surface area contributed by atoms with Crippen molar-refractivity contribution in [2.75, 3.05) is 0 Å². The van der Waals surface area contributed by atoms with Crippen LogP contribution in [0.1, 0.15) is 20.8 Å². The van der Waals surface area contributed by atoms with Gasteiger partial charge in [0.25, 0.3) is 0 Å². The lowest BCUT2D eigenvalue weighted by Crippen LogP contribution is -2.28. The number of halogens is 1. The summed E-state index contributed by atoms with van der Waals surface area (Å²) in [6.45, 7) is 6.07. The van der Waals surface area contributed by atoms with Crippen LogP contribution in [0.2, 0.25) is 5.02 Å². The van der Waals surface area contributed by atoms with E-state index in [0.29, 0.717) is 10.9 Å². The number of nitrogens with two attached hydrogens (primary N) is 1. The van der Waals surface area contributed by atoms with E-state index < -0.39 is 0 Å². The fraction of sp³-hybridized carbons (Fsp3) is 0.364. The van der Waals surface area contributed by atoms with Gasteiger partial charge in [-0.25, -0.2) is 4.99 Å². The van der Waals surface area contributed by atoms with Crippen molar-refractivity contribution in [3.63, 3.8) is 0 Å². The van der Waals surface area contributed by atoms with E-state index in [4.69, 9.17) is 17.3 Å². The molecule has 0 spiro atoms. The average Bonchev–Trinajstić information content (AvgIpc) is 2.02. The topological polar surface area (TPSA) is 38.4 Å². The van der Waals surface area contributed by atoms with Crippen molar-refractivity contribution < 1.29 is 0 Å². The van der Waals surface area contributed by atoms with Gasteiger partial charge in [-0.15, -0.1) is 0 Å². The van der Waals surface area contributed by atoms with Crippen LogP contribution < -0.4 is 5.73 Å². The van der Waals surface area contributed by atoms with Gasteiger partial charge in [-0.05, 0) is 18.2 Å². The van der Waals surface area contributed by atoms with Gasteiger partial charge in [0.15, 0.2) is 0 Å². The molecule has 0 aromatic heterocycles. The Hall–Kier alpha value is -1.02. The second-order valence-corrected chi connectivity index (χ2v) is 4.66. The summed E-state index contributed by atoms with van der Waals surface area (Å²) in [6.07, 6.45) is 0. The Morgan fingerprint density at radius 2 is 2.00 bits per heavy atom. The lowest BCUT2D eigenvalue weighted by molar-refractivity contribution is 0.585. The molecule has 0 saturated heterocycles. The maximum Gasteiger partial charge on any atom is 0.105 e. The lowest BCUT2D eigenvalue weighted by Gasteiger charge is -2.17. The van der Waals surface area contributed by atoms with E-state index in [2.05, 4.69) is 4.99 Å². The monoisotopic (exact) mass is 210 g/mol. The maximum absolute atomic E-state index is 5.84. The zero-order valence-corrected chi connectivity index (χ0v) is 9.47.